The summed E-state index contributed by atoms with van der Waals surface area (Å²) >= 11 is 0. The molecule has 0 bridgehead atoms. The summed E-state index contributed by atoms with van der Waals surface area (Å²) in [5.74, 6) is -3.39. The van der Waals surface area contributed by atoms with Gasteiger partial charge in [-0.3, -0.25) is 9.69 Å². The number of carboxylic acid groups (broad SMARTS) is 1. The molecule has 1 heterocycles. The lowest BCUT2D eigenvalue weighted by molar-refractivity contribution is -0.142. The summed E-state index contributed by atoms with van der Waals surface area (Å²) in [6, 6.07) is 3.36. The van der Waals surface area contributed by atoms with Gasteiger partial charge in [0.2, 0.25) is 0 Å². The predicted molar refractivity (Wildman–Crippen MR) is 71.5 cm³/mol. The maximum Gasteiger partial charge on any atom is 0.308 e. The molecule has 3 nitrogen and oxygen atoms in total. The van der Waals surface area contributed by atoms with Crippen molar-refractivity contribution in [2.45, 2.75) is 38.8 Å². The van der Waals surface area contributed by atoms with Crippen molar-refractivity contribution >= 4 is 5.97 Å². The zero-order chi connectivity index (χ0) is 15.0. The second-order valence-electron chi connectivity index (χ2n) is 5.67. The maximum atomic E-state index is 13.9. The first-order chi connectivity index (χ1) is 9.32. The topological polar surface area (TPSA) is 40.5 Å². The van der Waals surface area contributed by atoms with Crippen LogP contribution in [0.1, 0.15) is 32.3 Å². The van der Waals surface area contributed by atoms with Gasteiger partial charge >= 0.3 is 5.97 Å². The number of hydrogen-bond acceptors (Lipinski definition) is 2. The first-order valence-corrected chi connectivity index (χ1v) is 6.76. The molecule has 1 aromatic rings. The second kappa shape index (κ2) is 5.48. The number of halogens is 2. The molecule has 0 saturated carbocycles. The highest BCUT2D eigenvalue weighted by atomic mass is 19.1. The van der Waals surface area contributed by atoms with Crippen LogP contribution in [-0.2, 0) is 4.79 Å². The third-order valence-corrected chi connectivity index (χ3v) is 4.19. The van der Waals surface area contributed by atoms with E-state index < -0.39 is 29.4 Å². The van der Waals surface area contributed by atoms with Gasteiger partial charge in [0.15, 0.2) is 0 Å². The molecule has 110 valence electrons. The fraction of sp³-hybridized carbons (Fsp3) is 0.533. The summed E-state index contributed by atoms with van der Waals surface area (Å²) in [5, 5.41) is 9.44. The number of rotatable bonds is 3. The van der Waals surface area contributed by atoms with Gasteiger partial charge in [0.25, 0.3) is 0 Å². The molecule has 5 heteroatoms. The minimum Gasteiger partial charge on any atom is -0.481 e. The maximum absolute atomic E-state index is 13.9. The van der Waals surface area contributed by atoms with E-state index in [2.05, 4.69) is 0 Å². The fourth-order valence-corrected chi connectivity index (χ4v) is 3.20. The summed E-state index contributed by atoms with van der Waals surface area (Å²) in [6.07, 6.45) is 0. The summed E-state index contributed by atoms with van der Waals surface area (Å²) in [5.41, 5.74) is 0.286. The third kappa shape index (κ3) is 2.54. The Hall–Kier alpha value is -1.49. The SMILES string of the molecule is CC(C)N1C[C@@H](c2ccc(F)cc2F)[C@H](C(=O)O)C1C. The number of likely N-dealkylation sites (tertiary alicyclic amines) is 1. The molecule has 1 unspecified atom stereocenters. The van der Waals surface area contributed by atoms with Crippen LogP contribution in [0.25, 0.3) is 0 Å². The molecule has 1 fully saturated rings. The van der Waals surface area contributed by atoms with Gasteiger partial charge in [0.05, 0.1) is 5.92 Å². The molecular weight excluding hydrogens is 264 g/mol. The van der Waals surface area contributed by atoms with Crippen LogP contribution in [0, 0.1) is 17.6 Å². The van der Waals surface area contributed by atoms with E-state index in [0.717, 1.165) is 6.07 Å². The van der Waals surface area contributed by atoms with Crippen LogP contribution in [0.3, 0.4) is 0 Å². The van der Waals surface area contributed by atoms with Crippen molar-refractivity contribution in [1.82, 2.24) is 4.90 Å². The van der Waals surface area contributed by atoms with Crippen molar-refractivity contribution < 1.29 is 18.7 Å². The second-order valence-corrected chi connectivity index (χ2v) is 5.67. The highest BCUT2D eigenvalue weighted by molar-refractivity contribution is 5.73. The quantitative estimate of drug-likeness (QED) is 0.927. The normalized spacial score (nSPS) is 27.2. The Bertz CT molecular complexity index is 519. The van der Waals surface area contributed by atoms with E-state index in [4.69, 9.17) is 0 Å². The first kappa shape index (κ1) is 14.9. The summed E-state index contributed by atoms with van der Waals surface area (Å²) < 4.78 is 26.9. The van der Waals surface area contributed by atoms with E-state index >= 15 is 0 Å². The number of nitrogens with zero attached hydrogens (tertiary/aromatic N) is 1. The van der Waals surface area contributed by atoms with Crippen molar-refractivity contribution in [3.8, 4) is 0 Å². The molecule has 0 aliphatic carbocycles. The molecule has 1 N–H and O–H groups in total. The molecule has 1 aliphatic rings. The lowest BCUT2D eigenvalue weighted by Crippen LogP contribution is -2.37. The standard InChI is InChI=1S/C15H19F2NO2/c1-8(2)18-7-12(14(9(18)3)15(19)20)11-5-4-10(16)6-13(11)17/h4-6,8-9,12,14H,7H2,1-3H3,(H,19,20)/t9?,12-,14+/m0/s1. The Kier molecular flexibility index (Phi) is 4.09. The van der Waals surface area contributed by atoms with E-state index in [0.29, 0.717) is 6.54 Å². The molecular formula is C15H19F2NO2. The molecule has 0 radical (unpaired) electrons. The monoisotopic (exact) mass is 283 g/mol. The molecule has 0 aromatic heterocycles. The highest BCUT2D eigenvalue weighted by Crippen LogP contribution is 2.39. The van der Waals surface area contributed by atoms with Crippen molar-refractivity contribution in [3.63, 3.8) is 0 Å². The van der Waals surface area contributed by atoms with E-state index in [9.17, 15) is 18.7 Å². The van der Waals surface area contributed by atoms with Gasteiger partial charge in [-0.05, 0) is 32.4 Å². The third-order valence-electron chi connectivity index (χ3n) is 4.19. The summed E-state index contributed by atoms with van der Waals surface area (Å²) in [4.78, 5) is 13.6. The van der Waals surface area contributed by atoms with Gasteiger partial charge in [-0.25, -0.2) is 8.78 Å². The van der Waals surface area contributed by atoms with Gasteiger partial charge in [0, 0.05) is 30.6 Å². The van der Waals surface area contributed by atoms with Crippen LogP contribution >= 0.6 is 0 Å². The van der Waals surface area contributed by atoms with Crippen LogP contribution < -0.4 is 0 Å². The average Bonchev–Trinajstić information content (AvgIpc) is 2.66. The van der Waals surface area contributed by atoms with Crippen LogP contribution in [0.15, 0.2) is 18.2 Å². The molecule has 1 aromatic carbocycles. The van der Waals surface area contributed by atoms with Crippen molar-refractivity contribution in [2.75, 3.05) is 6.54 Å². The molecule has 1 saturated heterocycles. The van der Waals surface area contributed by atoms with Crippen LogP contribution in [0.5, 0.6) is 0 Å². The molecule has 0 spiro atoms. The van der Waals surface area contributed by atoms with Gasteiger partial charge < -0.3 is 5.11 Å². The summed E-state index contributed by atoms with van der Waals surface area (Å²) in [6.45, 7) is 6.29. The van der Waals surface area contributed by atoms with Crippen molar-refractivity contribution in [3.05, 3.63) is 35.4 Å². The van der Waals surface area contributed by atoms with E-state index in [1.54, 1.807) is 0 Å². The van der Waals surface area contributed by atoms with E-state index in [-0.39, 0.29) is 17.6 Å². The highest BCUT2D eigenvalue weighted by Gasteiger charge is 2.45. The Morgan fingerprint density at radius 1 is 1.40 bits per heavy atom. The average molecular weight is 283 g/mol. The number of aliphatic carboxylic acids is 1. The molecule has 3 atom stereocenters. The van der Waals surface area contributed by atoms with Crippen LogP contribution in [-0.4, -0.2) is 34.6 Å². The zero-order valence-corrected chi connectivity index (χ0v) is 11.8. The Morgan fingerprint density at radius 3 is 2.55 bits per heavy atom. The number of carboxylic acids is 1. The minimum absolute atomic E-state index is 0.179. The zero-order valence-electron chi connectivity index (χ0n) is 11.8. The summed E-state index contributed by atoms with van der Waals surface area (Å²) in [7, 11) is 0. The van der Waals surface area contributed by atoms with Gasteiger partial charge in [0.1, 0.15) is 11.6 Å². The predicted octanol–water partition coefficient (Wildman–Crippen LogP) is 2.86. The Labute approximate surface area is 117 Å². The van der Waals surface area contributed by atoms with Crippen LogP contribution in [0.2, 0.25) is 0 Å². The molecule has 2 rings (SSSR count). The van der Waals surface area contributed by atoms with E-state index in [1.807, 2.05) is 25.7 Å². The molecule has 20 heavy (non-hydrogen) atoms. The van der Waals surface area contributed by atoms with Gasteiger partial charge in [-0.1, -0.05) is 6.07 Å². The number of benzene rings is 1. The Balaban J connectivity index is 2.40. The smallest absolute Gasteiger partial charge is 0.308 e. The minimum atomic E-state index is -0.936. The number of hydrogen-bond donors (Lipinski definition) is 1. The fourth-order valence-electron chi connectivity index (χ4n) is 3.20. The molecule has 1 aliphatic heterocycles. The van der Waals surface area contributed by atoms with Crippen LogP contribution in [0.4, 0.5) is 8.78 Å². The van der Waals surface area contributed by atoms with Gasteiger partial charge in [-0.15, -0.1) is 0 Å². The van der Waals surface area contributed by atoms with Crippen molar-refractivity contribution in [2.24, 2.45) is 5.92 Å². The van der Waals surface area contributed by atoms with E-state index in [1.165, 1.54) is 12.1 Å². The lowest BCUT2D eigenvalue weighted by Gasteiger charge is -2.26. The van der Waals surface area contributed by atoms with Gasteiger partial charge in [-0.2, -0.15) is 0 Å². The number of carbonyl (C=O) groups is 1. The lowest BCUT2D eigenvalue weighted by atomic mass is 9.85. The first-order valence-electron chi connectivity index (χ1n) is 6.76. The van der Waals surface area contributed by atoms with Crippen molar-refractivity contribution in [1.29, 1.82) is 0 Å². The largest absolute Gasteiger partial charge is 0.481 e. The molecule has 0 amide bonds. The Morgan fingerprint density at radius 2 is 2.05 bits per heavy atom.